The number of ether oxygens (including phenoxy) is 1. The molecule has 4 rings (SSSR count). The summed E-state index contributed by atoms with van der Waals surface area (Å²) in [7, 11) is 1.42. The first-order chi connectivity index (χ1) is 15.9. The van der Waals surface area contributed by atoms with E-state index in [4.69, 9.17) is 4.74 Å². The second-order valence-electron chi connectivity index (χ2n) is 7.62. The maximum atomic E-state index is 13.9. The number of aliphatic carboxylic acids is 1. The molecule has 1 amide bonds. The lowest BCUT2D eigenvalue weighted by atomic mass is 9.79. The molecule has 3 N–H and O–H groups in total. The van der Waals surface area contributed by atoms with Crippen LogP contribution in [-0.2, 0) is 15.1 Å². The number of anilines is 2. The van der Waals surface area contributed by atoms with Gasteiger partial charge in [0.05, 0.1) is 12.7 Å². The molecule has 0 bridgehead atoms. The molecule has 33 heavy (non-hydrogen) atoms. The third-order valence-electron chi connectivity index (χ3n) is 5.90. The number of carboxylic acids is 1. The van der Waals surface area contributed by atoms with Gasteiger partial charge in [0.1, 0.15) is 11.2 Å². The molecule has 7 heteroatoms. The van der Waals surface area contributed by atoms with Crippen molar-refractivity contribution in [3.63, 3.8) is 0 Å². The first-order valence-electron chi connectivity index (χ1n) is 10.5. The summed E-state index contributed by atoms with van der Waals surface area (Å²) in [5.41, 5.74) is 0.242. The van der Waals surface area contributed by atoms with Gasteiger partial charge in [-0.05, 0) is 48.4 Å². The Bertz CT molecular complexity index is 1220. The summed E-state index contributed by atoms with van der Waals surface area (Å²) in [6, 6.07) is 22.6. The third kappa shape index (κ3) is 3.57. The van der Waals surface area contributed by atoms with Crippen LogP contribution < -0.4 is 15.0 Å². The lowest BCUT2D eigenvalue weighted by Gasteiger charge is -2.39. The van der Waals surface area contributed by atoms with Crippen LogP contribution in [0.5, 0.6) is 11.5 Å². The second kappa shape index (κ2) is 8.70. The highest BCUT2D eigenvalue weighted by Crippen LogP contribution is 2.50. The van der Waals surface area contributed by atoms with Crippen LogP contribution >= 0.6 is 0 Å². The molecule has 0 aromatic heterocycles. The summed E-state index contributed by atoms with van der Waals surface area (Å²) >= 11 is 0. The van der Waals surface area contributed by atoms with Gasteiger partial charge in [-0.1, -0.05) is 49.4 Å². The Morgan fingerprint density at radius 1 is 1.03 bits per heavy atom. The van der Waals surface area contributed by atoms with Crippen LogP contribution in [0, 0.1) is 0 Å². The number of benzene rings is 3. The number of hydrogen-bond donors (Lipinski definition) is 3. The zero-order valence-corrected chi connectivity index (χ0v) is 18.3. The van der Waals surface area contributed by atoms with Crippen molar-refractivity contribution in [1.29, 1.82) is 0 Å². The van der Waals surface area contributed by atoms with Gasteiger partial charge in [0.15, 0.2) is 11.5 Å². The molecule has 0 saturated carbocycles. The number of methoxy groups -OCH3 is 1. The fraction of sp³-hybridized carbons (Fsp3) is 0.154. The molecule has 0 saturated heterocycles. The number of aromatic hydroxyl groups is 1. The predicted molar refractivity (Wildman–Crippen MR) is 125 cm³/mol. The molecule has 1 aliphatic heterocycles. The van der Waals surface area contributed by atoms with E-state index in [1.54, 1.807) is 60.7 Å². The minimum Gasteiger partial charge on any atom is -0.504 e. The van der Waals surface area contributed by atoms with Gasteiger partial charge in [-0.2, -0.15) is 0 Å². The standard InChI is InChI=1S/C26H24N2O5/c1-3-26(17-14-15-20(29)21(16-17)33-2)22(25(31)32)23(27-18-10-6-4-7-11-18)24(30)28(26)19-12-8-5-9-13-19/h4-16,27,29H,3H2,1-2H3,(H,31,32). The maximum Gasteiger partial charge on any atom is 0.336 e. The van der Waals surface area contributed by atoms with Gasteiger partial charge >= 0.3 is 5.97 Å². The smallest absolute Gasteiger partial charge is 0.336 e. The van der Waals surface area contributed by atoms with E-state index >= 15 is 0 Å². The van der Waals surface area contributed by atoms with Gasteiger partial charge in [0.25, 0.3) is 5.91 Å². The maximum absolute atomic E-state index is 13.9. The fourth-order valence-electron chi connectivity index (χ4n) is 4.44. The van der Waals surface area contributed by atoms with Gasteiger partial charge < -0.3 is 20.3 Å². The van der Waals surface area contributed by atoms with Gasteiger partial charge in [0.2, 0.25) is 0 Å². The van der Waals surface area contributed by atoms with Crippen molar-refractivity contribution in [2.75, 3.05) is 17.3 Å². The number of hydrogen-bond acceptors (Lipinski definition) is 5. The molecular weight excluding hydrogens is 420 g/mol. The van der Waals surface area contributed by atoms with E-state index in [9.17, 15) is 19.8 Å². The quantitative estimate of drug-likeness (QED) is 0.496. The monoisotopic (exact) mass is 444 g/mol. The molecule has 1 unspecified atom stereocenters. The van der Waals surface area contributed by atoms with E-state index in [0.717, 1.165) is 0 Å². The number of amides is 1. The number of nitrogens with zero attached hydrogens (tertiary/aromatic N) is 1. The minimum atomic E-state index is -1.34. The van der Waals surface area contributed by atoms with Crippen LogP contribution in [-0.4, -0.2) is 29.2 Å². The van der Waals surface area contributed by atoms with E-state index in [-0.39, 0.29) is 29.2 Å². The predicted octanol–water partition coefficient (Wildman–Crippen LogP) is 4.50. The number of phenolic OH excluding ortho intramolecular Hbond substituents is 1. The average molecular weight is 444 g/mol. The van der Waals surface area contributed by atoms with Crippen molar-refractivity contribution in [2.45, 2.75) is 18.9 Å². The van der Waals surface area contributed by atoms with E-state index in [1.807, 2.05) is 19.1 Å². The Morgan fingerprint density at radius 2 is 1.67 bits per heavy atom. The molecule has 0 spiro atoms. The number of carbonyl (C=O) groups excluding carboxylic acids is 1. The van der Waals surface area contributed by atoms with Gasteiger partial charge in [0, 0.05) is 11.4 Å². The number of rotatable bonds is 7. The van der Waals surface area contributed by atoms with Gasteiger partial charge in [-0.3, -0.25) is 9.69 Å². The molecule has 0 fully saturated rings. The first kappa shape index (κ1) is 22.0. The summed E-state index contributed by atoms with van der Waals surface area (Å²) in [5, 5.41) is 23.6. The van der Waals surface area contributed by atoms with Crippen molar-refractivity contribution in [2.24, 2.45) is 0 Å². The summed E-state index contributed by atoms with van der Waals surface area (Å²) in [6.45, 7) is 1.83. The minimum absolute atomic E-state index is 0.00792. The molecular formula is C26H24N2O5. The van der Waals surface area contributed by atoms with E-state index in [1.165, 1.54) is 18.1 Å². The average Bonchev–Trinajstić information content (AvgIpc) is 3.09. The summed E-state index contributed by atoms with van der Waals surface area (Å²) < 4.78 is 5.29. The Hall–Kier alpha value is -4.26. The SMILES string of the molecule is CCC1(c2ccc(O)c(OC)c2)C(C(=O)O)=C(Nc2ccccc2)C(=O)N1c1ccccc1. The van der Waals surface area contributed by atoms with Gasteiger partial charge in [-0.25, -0.2) is 4.79 Å². The fourth-order valence-corrected chi connectivity index (χ4v) is 4.44. The number of carboxylic acid groups (broad SMARTS) is 1. The Labute approximate surface area is 191 Å². The van der Waals surface area contributed by atoms with Gasteiger partial charge in [-0.15, -0.1) is 0 Å². The molecule has 168 valence electrons. The summed E-state index contributed by atoms with van der Waals surface area (Å²) in [6.07, 6.45) is 0.267. The van der Waals surface area contributed by atoms with Crippen LogP contribution in [0.25, 0.3) is 0 Å². The molecule has 3 aromatic carbocycles. The van der Waals surface area contributed by atoms with Crippen LogP contribution in [0.3, 0.4) is 0 Å². The zero-order valence-electron chi connectivity index (χ0n) is 18.3. The van der Waals surface area contributed by atoms with E-state index < -0.39 is 17.4 Å². The highest BCUT2D eigenvalue weighted by molar-refractivity contribution is 6.19. The number of phenols is 1. The summed E-state index contributed by atoms with van der Waals surface area (Å²) in [5.74, 6) is -1.56. The van der Waals surface area contributed by atoms with Crippen molar-refractivity contribution < 1.29 is 24.5 Å². The van der Waals surface area contributed by atoms with Crippen molar-refractivity contribution in [3.8, 4) is 11.5 Å². The molecule has 1 atom stereocenters. The third-order valence-corrected chi connectivity index (χ3v) is 5.90. The highest BCUT2D eigenvalue weighted by Gasteiger charge is 2.55. The number of carbonyl (C=O) groups is 2. The van der Waals surface area contributed by atoms with Crippen LogP contribution in [0.4, 0.5) is 11.4 Å². The molecule has 7 nitrogen and oxygen atoms in total. The largest absolute Gasteiger partial charge is 0.504 e. The lowest BCUT2D eigenvalue weighted by molar-refractivity contribution is -0.133. The first-order valence-corrected chi connectivity index (χ1v) is 10.5. The van der Waals surface area contributed by atoms with E-state index in [2.05, 4.69) is 5.32 Å². The number of nitrogens with one attached hydrogen (secondary N) is 1. The van der Waals surface area contributed by atoms with E-state index in [0.29, 0.717) is 16.9 Å². The Kier molecular flexibility index (Phi) is 5.79. The van der Waals surface area contributed by atoms with Crippen molar-refractivity contribution >= 4 is 23.3 Å². The molecule has 0 radical (unpaired) electrons. The van der Waals surface area contributed by atoms with Crippen LogP contribution in [0.15, 0.2) is 90.1 Å². The molecule has 0 aliphatic carbocycles. The Balaban J connectivity index is 2.02. The Morgan fingerprint density at radius 3 is 2.24 bits per heavy atom. The summed E-state index contributed by atoms with van der Waals surface area (Å²) in [4.78, 5) is 28.1. The van der Waals surface area contributed by atoms with Crippen LogP contribution in [0.2, 0.25) is 0 Å². The molecule has 1 aliphatic rings. The molecule has 3 aromatic rings. The lowest BCUT2D eigenvalue weighted by Crippen LogP contribution is -2.47. The second-order valence-corrected chi connectivity index (χ2v) is 7.62. The normalized spacial score (nSPS) is 17.9. The molecule has 1 heterocycles. The zero-order chi connectivity index (χ0) is 23.6. The number of para-hydroxylation sites is 2. The van der Waals surface area contributed by atoms with Crippen molar-refractivity contribution in [3.05, 3.63) is 95.7 Å². The topological polar surface area (TPSA) is 99.1 Å². The highest BCUT2D eigenvalue weighted by atomic mass is 16.5. The van der Waals surface area contributed by atoms with Crippen molar-refractivity contribution in [1.82, 2.24) is 0 Å². The van der Waals surface area contributed by atoms with Crippen LogP contribution in [0.1, 0.15) is 18.9 Å².